The average molecular weight is 618 g/mol. The molecule has 0 aromatic carbocycles. The van der Waals surface area contributed by atoms with E-state index in [0.29, 0.717) is 19.6 Å². The maximum Gasteiger partial charge on any atom is 0.328 e. The van der Waals surface area contributed by atoms with Gasteiger partial charge in [-0.15, -0.1) is 0 Å². The molecule has 1 unspecified atom stereocenters. The number of piperidine rings is 1. The molecule has 6 atom stereocenters. The van der Waals surface area contributed by atoms with Crippen LogP contribution < -0.4 is 21.7 Å². The summed E-state index contributed by atoms with van der Waals surface area (Å²) in [5, 5.41) is 8.24. The van der Waals surface area contributed by atoms with Gasteiger partial charge in [-0.25, -0.2) is 9.59 Å². The van der Waals surface area contributed by atoms with Crippen molar-refractivity contribution < 1.29 is 33.5 Å². The molecule has 0 bridgehead atoms. The Balaban J connectivity index is 1.48. The van der Waals surface area contributed by atoms with E-state index in [4.69, 9.17) is 10.5 Å². The Bertz CT molecular complexity index is 1200. The van der Waals surface area contributed by atoms with Gasteiger partial charge in [0.15, 0.2) is 0 Å². The highest BCUT2D eigenvalue weighted by Gasteiger charge is 2.70. The molecule has 5 N–H and O–H groups in total. The summed E-state index contributed by atoms with van der Waals surface area (Å²) < 4.78 is 5.51. The molecule has 12 heteroatoms. The number of hydrogen-bond donors (Lipinski definition) is 4. The van der Waals surface area contributed by atoms with Crippen molar-refractivity contribution in [3.05, 3.63) is 0 Å². The van der Waals surface area contributed by atoms with Crippen molar-refractivity contribution in [3.63, 3.8) is 0 Å². The minimum absolute atomic E-state index is 0.00206. The van der Waals surface area contributed by atoms with Crippen LogP contribution in [0.3, 0.4) is 0 Å². The summed E-state index contributed by atoms with van der Waals surface area (Å²) in [5.74, 6) is -3.48. The number of urea groups is 1. The van der Waals surface area contributed by atoms with Crippen molar-refractivity contribution in [1.29, 1.82) is 0 Å². The zero-order valence-corrected chi connectivity index (χ0v) is 27.5. The molecule has 0 aromatic heterocycles. The Kier molecular flexibility index (Phi) is 9.17. The maximum absolute atomic E-state index is 14.2. The fraction of sp³-hybridized carbons (Fsp3) is 0.812. The first-order valence-electron chi connectivity index (χ1n) is 15.9. The van der Waals surface area contributed by atoms with Gasteiger partial charge in [0, 0.05) is 12.0 Å². The molecule has 1 heterocycles. The van der Waals surface area contributed by atoms with Gasteiger partial charge in [-0.1, -0.05) is 68.2 Å². The highest BCUT2D eigenvalue weighted by atomic mass is 16.5. The second kappa shape index (κ2) is 12.0. The largest absolute Gasteiger partial charge is 0.464 e. The second-order valence-corrected chi connectivity index (χ2v) is 15.9. The van der Waals surface area contributed by atoms with Crippen LogP contribution in [0.2, 0.25) is 0 Å². The van der Waals surface area contributed by atoms with Gasteiger partial charge in [-0.2, -0.15) is 0 Å². The maximum atomic E-state index is 14.2. The van der Waals surface area contributed by atoms with Crippen LogP contribution in [0.4, 0.5) is 4.79 Å². The van der Waals surface area contributed by atoms with E-state index in [1.807, 2.05) is 41.5 Å². The molecule has 4 fully saturated rings. The van der Waals surface area contributed by atoms with Crippen LogP contribution in [0.15, 0.2) is 0 Å². The number of carbonyl (C=O) groups is 6. The first kappa shape index (κ1) is 33.7. The molecule has 3 saturated carbocycles. The van der Waals surface area contributed by atoms with E-state index in [1.54, 1.807) is 13.8 Å². The molecule has 246 valence electrons. The summed E-state index contributed by atoms with van der Waals surface area (Å²) in [6, 6.07) is -4.53. The number of ether oxygens (including phenoxy) is 1. The van der Waals surface area contributed by atoms with E-state index in [1.165, 1.54) is 4.90 Å². The fourth-order valence-electron chi connectivity index (χ4n) is 6.48. The number of nitrogens with zero attached hydrogens (tertiary/aromatic N) is 1. The zero-order chi connectivity index (χ0) is 32.9. The molecule has 1 aliphatic heterocycles. The third-order valence-electron chi connectivity index (χ3n) is 10.2. The number of nitrogens with two attached hydrogens (primary N) is 1. The van der Waals surface area contributed by atoms with Crippen molar-refractivity contribution in [3.8, 4) is 0 Å². The monoisotopic (exact) mass is 617 g/mol. The van der Waals surface area contributed by atoms with Crippen molar-refractivity contribution >= 4 is 35.5 Å². The van der Waals surface area contributed by atoms with Crippen molar-refractivity contribution in [2.24, 2.45) is 45.7 Å². The molecular formula is C32H51N5O7. The Morgan fingerprint density at radius 3 is 2.09 bits per heavy atom. The number of ketones is 1. The van der Waals surface area contributed by atoms with E-state index in [0.717, 1.165) is 25.7 Å². The van der Waals surface area contributed by atoms with Gasteiger partial charge < -0.3 is 31.3 Å². The molecule has 0 radical (unpaired) electrons. The average Bonchev–Trinajstić information content (AvgIpc) is 3.88. The predicted octanol–water partition coefficient (Wildman–Crippen LogP) is 1.89. The van der Waals surface area contributed by atoms with Gasteiger partial charge in [-0.05, 0) is 53.8 Å². The number of fused-ring (bicyclic) bond motifs is 1. The van der Waals surface area contributed by atoms with E-state index in [-0.39, 0.29) is 34.5 Å². The number of primary amides is 1. The summed E-state index contributed by atoms with van der Waals surface area (Å²) in [6.07, 6.45) is 4.15. The number of hydrogen-bond acceptors (Lipinski definition) is 7. The number of rotatable bonds is 13. The lowest BCUT2D eigenvalue weighted by Crippen LogP contribution is -2.62. The lowest BCUT2D eigenvalue weighted by molar-refractivity contribution is -0.148. The molecule has 0 spiro atoms. The Morgan fingerprint density at radius 2 is 1.59 bits per heavy atom. The third-order valence-corrected chi connectivity index (χ3v) is 10.2. The van der Waals surface area contributed by atoms with Gasteiger partial charge in [0.05, 0.1) is 12.6 Å². The number of carbonyl (C=O) groups excluding carboxylic acids is 6. The van der Waals surface area contributed by atoms with Gasteiger partial charge in [0.1, 0.15) is 18.1 Å². The van der Waals surface area contributed by atoms with E-state index in [9.17, 15) is 28.8 Å². The van der Waals surface area contributed by atoms with Gasteiger partial charge in [0.25, 0.3) is 5.91 Å². The summed E-state index contributed by atoms with van der Waals surface area (Å²) in [7, 11) is 0. The normalized spacial score (nSPS) is 26.5. The highest BCUT2D eigenvalue weighted by Crippen LogP contribution is 2.65. The van der Waals surface area contributed by atoms with Gasteiger partial charge in [0.2, 0.25) is 17.6 Å². The van der Waals surface area contributed by atoms with Crippen LogP contribution in [0.5, 0.6) is 0 Å². The Morgan fingerprint density at radius 1 is 0.977 bits per heavy atom. The summed E-state index contributed by atoms with van der Waals surface area (Å²) in [6.45, 7) is 15.8. The summed E-state index contributed by atoms with van der Waals surface area (Å²) >= 11 is 0. The SMILES string of the molecule is CC(C)[C@H](NC(=O)N[C@H](C(=O)N1C[C@H]2[C@@H]([C@H]1C(=O)NC(CC1CC1)C(=O)C(N)=O)C2(C)C)C(C)(C)C)C(=O)OCC1(C)CC1. The molecule has 5 amide bonds. The molecule has 0 aromatic rings. The molecule has 3 aliphatic carbocycles. The Labute approximate surface area is 260 Å². The molecule has 44 heavy (non-hydrogen) atoms. The van der Waals surface area contributed by atoms with Crippen LogP contribution in [0, 0.1) is 39.9 Å². The van der Waals surface area contributed by atoms with Gasteiger partial charge >= 0.3 is 12.0 Å². The van der Waals surface area contributed by atoms with Crippen molar-refractivity contribution in [2.75, 3.05) is 13.2 Å². The lowest BCUT2D eigenvalue weighted by Gasteiger charge is -2.38. The lowest BCUT2D eigenvalue weighted by atomic mass is 9.85. The molecular weight excluding hydrogens is 566 g/mol. The van der Waals surface area contributed by atoms with Crippen LogP contribution >= 0.6 is 0 Å². The van der Waals surface area contributed by atoms with E-state index >= 15 is 0 Å². The number of Topliss-reactive ketones (excluding diaryl/α,β-unsaturated/α-hetero) is 1. The molecule has 4 aliphatic rings. The standard InChI is InChI=1S/C32H51N5O7/c1-16(2)21(28(42)44-15-32(8)11-12-32)35-29(43)36-24(30(3,4)5)27(41)37-14-18-20(31(18,6)7)22(37)26(40)34-19(13-17-9-10-17)23(38)25(33)39/h16-22,24H,9-15H2,1-8H3,(H2,33,39)(H,34,40)(H2,35,36,43)/t18-,19?,20-,21-,22-,24+/m0/s1. The van der Waals surface area contributed by atoms with Crippen molar-refractivity contribution in [1.82, 2.24) is 20.9 Å². The minimum Gasteiger partial charge on any atom is -0.464 e. The highest BCUT2D eigenvalue weighted by molar-refractivity contribution is 6.37. The van der Waals surface area contributed by atoms with E-state index < -0.39 is 65.1 Å². The van der Waals surface area contributed by atoms with Crippen molar-refractivity contribution in [2.45, 2.75) is 112 Å². The van der Waals surface area contributed by atoms with Crippen LogP contribution in [-0.4, -0.2) is 77.7 Å². The number of likely N-dealkylation sites (tertiary alicyclic amines) is 1. The quantitative estimate of drug-likeness (QED) is 0.180. The number of nitrogens with one attached hydrogen (secondary N) is 3. The number of amides is 5. The van der Waals surface area contributed by atoms with E-state index in [2.05, 4.69) is 16.0 Å². The third kappa shape index (κ3) is 7.37. The molecule has 12 nitrogen and oxygen atoms in total. The molecule has 4 rings (SSSR count). The molecule has 1 saturated heterocycles. The minimum atomic E-state index is -1.10. The van der Waals surface area contributed by atoms with Gasteiger partial charge in [-0.3, -0.25) is 19.2 Å². The first-order valence-corrected chi connectivity index (χ1v) is 15.9. The number of esters is 1. The predicted molar refractivity (Wildman–Crippen MR) is 162 cm³/mol. The summed E-state index contributed by atoms with van der Waals surface area (Å²) in [5.41, 5.74) is 4.34. The van der Waals surface area contributed by atoms with Crippen LogP contribution in [-0.2, 0) is 28.7 Å². The zero-order valence-electron chi connectivity index (χ0n) is 27.5. The first-order chi connectivity index (χ1) is 20.3. The smallest absolute Gasteiger partial charge is 0.328 e. The second-order valence-electron chi connectivity index (χ2n) is 15.9. The van der Waals surface area contributed by atoms with Crippen LogP contribution in [0.25, 0.3) is 0 Å². The fourth-order valence-corrected chi connectivity index (χ4v) is 6.48. The topological polar surface area (TPSA) is 177 Å². The summed E-state index contributed by atoms with van der Waals surface area (Å²) in [4.78, 5) is 79.9. The Hall–Kier alpha value is -3.18. The van der Waals surface area contributed by atoms with Crippen LogP contribution in [0.1, 0.15) is 87.5 Å².